The van der Waals surface area contributed by atoms with Gasteiger partial charge in [-0.15, -0.1) is 0 Å². The van der Waals surface area contributed by atoms with Crippen LogP contribution in [0.1, 0.15) is 17.5 Å². The van der Waals surface area contributed by atoms with Gasteiger partial charge in [0.05, 0.1) is 6.20 Å². The summed E-state index contributed by atoms with van der Waals surface area (Å²) in [6.45, 7) is 2.24. The molecule has 66 valence electrons. The number of rotatable bonds is 3. The zero-order valence-corrected chi connectivity index (χ0v) is 6.78. The van der Waals surface area contributed by atoms with Gasteiger partial charge in [-0.1, -0.05) is 0 Å². The van der Waals surface area contributed by atoms with Crippen LogP contribution in [0, 0.1) is 0 Å². The van der Waals surface area contributed by atoms with Gasteiger partial charge in [-0.25, -0.2) is 4.98 Å². The van der Waals surface area contributed by atoms with Crippen molar-refractivity contribution in [1.82, 2.24) is 10.3 Å². The van der Waals surface area contributed by atoms with Crippen molar-refractivity contribution in [2.75, 3.05) is 6.54 Å². The van der Waals surface area contributed by atoms with Crippen molar-refractivity contribution < 1.29 is 9.21 Å². The molecule has 0 bridgehead atoms. The molecule has 0 saturated carbocycles. The van der Waals surface area contributed by atoms with Crippen LogP contribution in [0.3, 0.4) is 0 Å². The van der Waals surface area contributed by atoms with E-state index in [0.29, 0.717) is 6.54 Å². The van der Waals surface area contributed by atoms with Crippen LogP contribution >= 0.6 is 0 Å². The molecule has 0 aliphatic rings. The smallest absolute Gasteiger partial charge is 0.288 e. The molecule has 3 N–H and O–H groups in total. The average molecular weight is 169 g/mol. The highest BCUT2D eigenvalue weighted by Gasteiger charge is 2.08. The van der Waals surface area contributed by atoms with Gasteiger partial charge in [0, 0.05) is 12.6 Å². The number of hydrogen-bond acceptors (Lipinski definition) is 4. The number of oxazole rings is 1. The quantitative estimate of drug-likeness (QED) is 0.653. The molecule has 0 aliphatic carbocycles. The fourth-order valence-corrected chi connectivity index (χ4v) is 0.669. The first-order chi connectivity index (χ1) is 5.70. The van der Waals surface area contributed by atoms with Crippen LogP contribution in [-0.2, 0) is 0 Å². The fourth-order valence-electron chi connectivity index (χ4n) is 0.669. The van der Waals surface area contributed by atoms with Crippen LogP contribution in [0.5, 0.6) is 0 Å². The van der Waals surface area contributed by atoms with Gasteiger partial charge < -0.3 is 15.5 Å². The molecule has 0 radical (unpaired) electrons. The maximum absolute atomic E-state index is 11.1. The van der Waals surface area contributed by atoms with Crippen LogP contribution in [-0.4, -0.2) is 23.5 Å². The topological polar surface area (TPSA) is 81.1 Å². The predicted molar refractivity (Wildman–Crippen MR) is 42.5 cm³/mol. The first kappa shape index (κ1) is 8.73. The SMILES string of the molecule is CC(N)CNC(=O)c1cnco1. The van der Waals surface area contributed by atoms with Gasteiger partial charge in [0.15, 0.2) is 6.39 Å². The molecule has 5 nitrogen and oxygen atoms in total. The Morgan fingerprint density at radius 2 is 2.67 bits per heavy atom. The molecule has 1 heterocycles. The number of amides is 1. The van der Waals surface area contributed by atoms with Crippen molar-refractivity contribution in [2.45, 2.75) is 13.0 Å². The Kier molecular flexibility index (Phi) is 2.82. The largest absolute Gasteiger partial charge is 0.438 e. The van der Waals surface area contributed by atoms with Gasteiger partial charge in [0.25, 0.3) is 5.91 Å². The summed E-state index contributed by atoms with van der Waals surface area (Å²) in [5.41, 5.74) is 5.43. The highest BCUT2D eigenvalue weighted by atomic mass is 16.3. The second-order valence-electron chi connectivity index (χ2n) is 2.55. The normalized spacial score (nSPS) is 12.5. The van der Waals surface area contributed by atoms with Crippen molar-refractivity contribution in [3.8, 4) is 0 Å². The molecule has 0 aliphatic heterocycles. The number of nitrogens with zero attached hydrogens (tertiary/aromatic N) is 1. The van der Waals surface area contributed by atoms with E-state index in [1.54, 1.807) is 6.92 Å². The van der Waals surface area contributed by atoms with Gasteiger partial charge in [0.2, 0.25) is 5.76 Å². The fraction of sp³-hybridized carbons (Fsp3) is 0.429. The Morgan fingerprint density at radius 3 is 3.17 bits per heavy atom. The highest BCUT2D eigenvalue weighted by molar-refractivity contribution is 5.90. The third kappa shape index (κ3) is 2.35. The first-order valence-corrected chi connectivity index (χ1v) is 3.62. The lowest BCUT2D eigenvalue weighted by atomic mass is 10.3. The Labute approximate surface area is 70.0 Å². The van der Waals surface area contributed by atoms with E-state index in [2.05, 4.69) is 10.3 Å². The van der Waals surface area contributed by atoms with E-state index in [-0.39, 0.29) is 17.7 Å². The second kappa shape index (κ2) is 3.87. The Hall–Kier alpha value is -1.36. The van der Waals surface area contributed by atoms with E-state index >= 15 is 0 Å². The summed E-state index contributed by atoms with van der Waals surface area (Å²) >= 11 is 0. The van der Waals surface area contributed by atoms with Crippen LogP contribution in [0.15, 0.2) is 17.0 Å². The predicted octanol–water partition coefficient (Wildman–Crippen LogP) is -0.248. The van der Waals surface area contributed by atoms with Gasteiger partial charge >= 0.3 is 0 Å². The summed E-state index contributed by atoms with van der Waals surface area (Å²) in [7, 11) is 0. The van der Waals surface area contributed by atoms with Crippen molar-refractivity contribution in [3.63, 3.8) is 0 Å². The molecule has 1 unspecified atom stereocenters. The van der Waals surface area contributed by atoms with Gasteiger partial charge in [0.1, 0.15) is 0 Å². The van der Waals surface area contributed by atoms with Crippen LogP contribution in [0.4, 0.5) is 0 Å². The molecule has 1 rings (SSSR count). The Balaban J connectivity index is 2.40. The van der Waals surface area contributed by atoms with Gasteiger partial charge in [-0.3, -0.25) is 4.79 Å². The molecule has 0 aromatic carbocycles. The molecule has 5 heteroatoms. The van der Waals surface area contributed by atoms with E-state index in [0.717, 1.165) is 0 Å². The average Bonchev–Trinajstić information content (AvgIpc) is 2.51. The molecule has 1 amide bonds. The molecule has 12 heavy (non-hydrogen) atoms. The number of hydrogen-bond donors (Lipinski definition) is 2. The summed E-state index contributed by atoms with van der Waals surface area (Å²) in [6.07, 6.45) is 2.57. The summed E-state index contributed by atoms with van der Waals surface area (Å²) in [4.78, 5) is 14.7. The monoisotopic (exact) mass is 169 g/mol. The molecular formula is C7H11N3O2. The van der Waals surface area contributed by atoms with Crippen molar-refractivity contribution in [1.29, 1.82) is 0 Å². The molecule has 0 saturated heterocycles. The zero-order chi connectivity index (χ0) is 8.97. The Bertz CT molecular complexity index is 243. The zero-order valence-electron chi connectivity index (χ0n) is 6.78. The first-order valence-electron chi connectivity index (χ1n) is 3.62. The lowest BCUT2D eigenvalue weighted by Gasteiger charge is -2.04. The minimum absolute atomic E-state index is 0.0585. The summed E-state index contributed by atoms with van der Waals surface area (Å²) in [6, 6.07) is -0.0585. The minimum atomic E-state index is -0.287. The van der Waals surface area contributed by atoms with Crippen molar-refractivity contribution in [3.05, 3.63) is 18.4 Å². The van der Waals surface area contributed by atoms with Gasteiger partial charge in [-0.2, -0.15) is 0 Å². The molecule has 0 fully saturated rings. The number of nitrogens with two attached hydrogens (primary N) is 1. The number of aromatic nitrogens is 1. The Morgan fingerprint density at radius 1 is 1.92 bits per heavy atom. The van der Waals surface area contributed by atoms with E-state index < -0.39 is 0 Å². The maximum atomic E-state index is 11.1. The van der Waals surface area contributed by atoms with E-state index in [9.17, 15) is 4.79 Å². The third-order valence-corrected chi connectivity index (χ3v) is 1.24. The molecule has 1 aromatic rings. The standard InChI is InChI=1S/C7H11N3O2/c1-5(8)2-10-7(11)6-3-9-4-12-6/h3-5H,2,8H2,1H3,(H,10,11). The van der Waals surface area contributed by atoms with Crippen molar-refractivity contribution in [2.24, 2.45) is 5.73 Å². The summed E-state index contributed by atoms with van der Waals surface area (Å²) in [5.74, 6) is -0.0829. The molecular weight excluding hydrogens is 158 g/mol. The number of carbonyl (C=O) groups is 1. The van der Waals surface area contributed by atoms with Crippen molar-refractivity contribution >= 4 is 5.91 Å². The molecule has 1 aromatic heterocycles. The minimum Gasteiger partial charge on any atom is -0.438 e. The van der Waals surface area contributed by atoms with Crippen LogP contribution in [0.25, 0.3) is 0 Å². The maximum Gasteiger partial charge on any atom is 0.288 e. The van der Waals surface area contributed by atoms with Crippen LogP contribution < -0.4 is 11.1 Å². The second-order valence-corrected chi connectivity index (χ2v) is 2.55. The van der Waals surface area contributed by atoms with Crippen LogP contribution in [0.2, 0.25) is 0 Å². The highest BCUT2D eigenvalue weighted by Crippen LogP contribution is 1.94. The van der Waals surface area contributed by atoms with E-state index in [1.165, 1.54) is 12.6 Å². The van der Waals surface area contributed by atoms with Gasteiger partial charge in [-0.05, 0) is 6.92 Å². The number of nitrogens with one attached hydrogen (secondary N) is 1. The number of carbonyl (C=O) groups excluding carboxylic acids is 1. The lowest BCUT2D eigenvalue weighted by molar-refractivity contribution is 0.0924. The van der Waals surface area contributed by atoms with E-state index in [1.807, 2.05) is 0 Å². The molecule has 0 spiro atoms. The third-order valence-electron chi connectivity index (χ3n) is 1.24. The summed E-state index contributed by atoms with van der Waals surface area (Å²) in [5, 5.41) is 2.59. The molecule has 1 atom stereocenters. The van der Waals surface area contributed by atoms with E-state index in [4.69, 9.17) is 10.2 Å². The summed E-state index contributed by atoms with van der Waals surface area (Å²) < 4.78 is 4.76. The lowest BCUT2D eigenvalue weighted by Crippen LogP contribution is -2.34.